The maximum atomic E-state index is 12.3. The average Bonchev–Trinajstić information content (AvgIpc) is 3.36. The van der Waals surface area contributed by atoms with Crippen LogP contribution < -0.4 is 26.2 Å². The lowest BCUT2D eigenvalue weighted by Crippen LogP contribution is -2.29. The zero-order valence-electron chi connectivity index (χ0n) is 20.6. The number of benzene rings is 2. The smallest absolute Gasteiger partial charge is 0.404 e. The standard InChI is InChI=1S/C26H26ClF3N6O3/c27-20-10-16(2-3-23(20)39-26(28,29)30)14-31-8-5-24(37)33-7-1-6-32-21-11-18(12-22-19(21)15-35-36-22)17-4-9-34-25(38)13-17/h2-4,9-13,15,31-32H,1,5-8,14H2,(H,33,37)(H,34,38)(H,35,36). The number of ether oxygens (including phenoxy) is 1. The van der Waals surface area contributed by atoms with Crippen molar-refractivity contribution in [2.45, 2.75) is 25.7 Å². The summed E-state index contributed by atoms with van der Waals surface area (Å²) in [4.78, 5) is 26.4. The minimum absolute atomic E-state index is 0.122. The topological polar surface area (TPSA) is 124 Å². The number of fused-ring (bicyclic) bond motifs is 1. The second-order valence-corrected chi connectivity index (χ2v) is 9.07. The molecule has 2 heterocycles. The van der Waals surface area contributed by atoms with E-state index in [1.807, 2.05) is 18.2 Å². The van der Waals surface area contributed by atoms with E-state index in [0.717, 1.165) is 33.8 Å². The van der Waals surface area contributed by atoms with Crippen LogP contribution in [0.1, 0.15) is 18.4 Å². The summed E-state index contributed by atoms with van der Waals surface area (Å²) in [6.45, 7) is 1.80. The van der Waals surface area contributed by atoms with E-state index in [2.05, 4.69) is 35.9 Å². The highest BCUT2D eigenvalue weighted by Crippen LogP contribution is 2.31. The predicted octanol–water partition coefficient (Wildman–Crippen LogP) is 4.57. The van der Waals surface area contributed by atoms with E-state index < -0.39 is 12.1 Å². The second-order valence-electron chi connectivity index (χ2n) is 8.67. The molecule has 4 aromatic rings. The number of H-pyrrole nitrogens is 2. The van der Waals surface area contributed by atoms with Crippen LogP contribution >= 0.6 is 11.6 Å². The monoisotopic (exact) mass is 562 g/mol. The summed E-state index contributed by atoms with van der Waals surface area (Å²) in [6, 6.07) is 11.3. The number of nitrogens with zero attached hydrogens (tertiary/aromatic N) is 1. The largest absolute Gasteiger partial charge is 0.573 e. The van der Waals surface area contributed by atoms with E-state index >= 15 is 0 Å². The molecular formula is C26H26ClF3N6O3. The van der Waals surface area contributed by atoms with Gasteiger partial charge in [0, 0.05) is 55.9 Å². The number of amides is 1. The Morgan fingerprint density at radius 1 is 1.05 bits per heavy atom. The lowest BCUT2D eigenvalue weighted by molar-refractivity contribution is -0.274. The molecule has 0 atom stereocenters. The van der Waals surface area contributed by atoms with Gasteiger partial charge in [-0.3, -0.25) is 14.7 Å². The predicted molar refractivity (Wildman–Crippen MR) is 143 cm³/mol. The maximum absolute atomic E-state index is 12.3. The Kier molecular flexibility index (Phi) is 9.10. The van der Waals surface area contributed by atoms with Crippen LogP contribution in [-0.2, 0) is 11.3 Å². The molecule has 9 nitrogen and oxygen atoms in total. The summed E-state index contributed by atoms with van der Waals surface area (Å²) in [5.74, 6) is -0.584. The van der Waals surface area contributed by atoms with E-state index in [4.69, 9.17) is 11.6 Å². The van der Waals surface area contributed by atoms with Crippen LogP contribution in [0.3, 0.4) is 0 Å². The number of halogens is 4. The van der Waals surface area contributed by atoms with Crippen molar-refractivity contribution >= 4 is 34.1 Å². The number of anilines is 1. The highest BCUT2D eigenvalue weighted by Gasteiger charge is 2.32. The van der Waals surface area contributed by atoms with Gasteiger partial charge in [0.1, 0.15) is 5.75 Å². The van der Waals surface area contributed by atoms with E-state index in [1.54, 1.807) is 12.4 Å². The summed E-state index contributed by atoms with van der Waals surface area (Å²) >= 11 is 5.85. The number of pyridine rings is 1. The Hall–Kier alpha value is -4.03. The number of aromatic nitrogens is 3. The van der Waals surface area contributed by atoms with E-state index in [9.17, 15) is 22.8 Å². The molecule has 13 heteroatoms. The van der Waals surface area contributed by atoms with Crippen LogP contribution in [0.4, 0.5) is 18.9 Å². The minimum Gasteiger partial charge on any atom is -0.404 e. The number of carbonyl (C=O) groups is 1. The zero-order chi connectivity index (χ0) is 27.8. The summed E-state index contributed by atoms with van der Waals surface area (Å²) < 4.78 is 40.8. The van der Waals surface area contributed by atoms with Gasteiger partial charge in [0.25, 0.3) is 0 Å². The molecule has 0 aliphatic carbocycles. The first kappa shape index (κ1) is 28.0. The van der Waals surface area contributed by atoms with Crippen LogP contribution in [0.25, 0.3) is 22.0 Å². The fourth-order valence-corrected chi connectivity index (χ4v) is 4.15. The van der Waals surface area contributed by atoms with Gasteiger partial charge in [-0.05, 0) is 53.4 Å². The summed E-state index contributed by atoms with van der Waals surface area (Å²) in [7, 11) is 0. The Morgan fingerprint density at radius 3 is 2.67 bits per heavy atom. The maximum Gasteiger partial charge on any atom is 0.573 e. The quantitative estimate of drug-likeness (QED) is 0.161. The minimum atomic E-state index is -4.81. The van der Waals surface area contributed by atoms with Gasteiger partial charge in [0.2, 0.25) is 11.5 Å². The molecule has 0 bridgehead atoms. The molecule has 5 N–H and O–H groups in total. The number of nitrogens with one attached hydrogen (secondary N) is 5. The van der Waals surface area contributed by atoms with Crippen molar-refractivity contribution in [1.29, 1.82) is 0 Å². The van der Waals surface area contributed by atoms with Crippen LogP contribution in [0.15, 0.2) is 59.7 Å². The van der Waals surface area contributed by atoms with Gasteiger partial charge in [-0.15, -0.1) is 13.2 Å². The average molecular weight is 563 g/mol. The van der Waals surface area contributed by atoms with Crippen molar-refractivity contribution < 1.29 is 22.7 Å². The first-order valence-corrected chi connectivity index (χ1v) is 12.5. The third-order valence-electron chi connectivity index (χ3n) is 5.74. The Bertz CT molecular complexity index is 1490. The Labute approximate surface area is 226 Å². The number of hydrogen-bond donors (Lipinski definition) is 5. The molecule has 0 saturated heterocycles. The van der Waals surface area contributed by atoms with E-state index in [0.29, 0.717) is 38.2 Å². The molecule has 0 aliphatic rings. The van der Waals surface area contributed by atoms with Crippen molar-refractivity contribution in [3.63, 3.8) is 0 Å². The molecule has 0 radical (unpaired) electrons. The molecule has 1 amide bonds. The summed E-state index contributed by atoms with van der Waals surface area (Å²) in [5, 5.41) is 17.1. The summed E-state index contributed by atoms with van der Waals surface area (Å²) in [5.41, 5.74) is 3.84. The van der Waals surface area contributed by atoms with Crippen LogP contribution in [0, 0.1) is 0 Å². The first-order valence-electron chi connectivity index (χ1n) is 12.1. The molecule has 39 heavy (non-hydrogen) atoms. The first-order chi connectivity index (χ1) is 18.7. The highest BCUT2D eigenvalue weighted by molar-refractivity contribution is 6.32. The van der Waals surface area contributed by atoms with Crippen molar-refractivity contribution in [2.24, 2.45) is 0 Å². The van der Waals surface area contributed by atoms with Gasteiger partial charge in [-0.25, -0.2) is 0 Å². The fraction of sp³-hybridized carbons (Fsp3) is 0.269. The van der Waals surface area contributed by atoms with Gasteiger partial charge in [0.05, 0.1) is 16.7 Å². The molecule has 0 unspecified atom stereocenters. The van der Waals surface area contributed by atoms with Crippen molar-refractivity contribution in [3.05, 3.63) is 75.8 Å². The van der Waals surface area contributed by atoms with Gasteiger partial charge in [0.15, 0.2) is 0 Å². The normalized spacial score (nSPS) is 11.5. The fourth-order valence-electron chi connectivity index (χ4n) is 3.91. The molecular weight excluding hydrogens is 537 g/mol. The Balaban J connectivity index is 1.17. The molecule has 0 saturated carbocycles. The van der Waals surface area contributed by atoms with Crippen molar-refractivity contribution in [2.75, 3.05) is 25.0 Å². The second kappa shape index (κ2) is 12.7. The van der Waals surface area contributed by atoms with E-state index in [1.165, 1.54) is 18.2 Å². The van der Waals surface area contributed by atoms with Gasteiger partial charge in [-0.2, -0.15) is 5.10 Å². The van der Waals surface area contributed by atoms with Crippen LogP contribution in [0.2, 0.25) is 5.02 Å². The SMILES string of the molecule is O=C(CCNCc1ccc(OC(F)(F)F)c(Cl)c1)NCCCNc1cc(-c2cc[nH]c(=O)c2)cc2[nH]ncc12. The number of hydrogen-bond acceptors (Lipinski definition) is 6. The molecule has 4 rings (SSSR count). The molecule has 2 aromatic carbocycles. The third kappa shape index (κ3) is 8.23. The van der Waals surface area contributed by atoms with E-state index in [-0.39, 0.29) is 22.9 Å². The number of rotatable bonds is 12. The third-order valence-corrected chi connectivity index (χ3v) is 6.03. The highest BCUT2D eigenvalue weighted by atomic mass is 35.5. The van der Waals surface area contributed by atoms with Gasteiger partial charge in [-0.1, -0.05) is 17.7 Å². The summed E-state index contributed by atoms with van der Waals surface area (Å²) in [6.07, 6.45) is -0.561. The molecule has 0 aliphatic heterocycles. The zero-order valence-corrected chi connectivity index (χ0v) is 21.4. The molecule has 206 valence electrons. The molecule has 0 spiro atoms. The number of carbonyl (C=O) groups excluding carboxylic acids is 1. The molecule has 2 aromatic heterocycles. The number of aromatic amines is 2. The van der Waals surface area contributed by atoms with Crippen LogP contribution in [-0.4, -0.2) is 47.1 Å². The van der Waals surface area contributed by atoms with Gasteiger partial charge < -0.3 is 25.7 Å². The molecule has 0 fully saturated rings. The Morgan fingerprint density at radius 2 is 1.90 bits per heavy atom. The van der Waals surface area contributed by atoms with Crippen molar-refractivity contribution in [1.82, 2.24) is 25.8 Å². The number of alkyl halides is 3. The van der Waals surface area contributed by atoms with Crippen LogP contribution in [0.5, 0.6) is 5.75 Å². The lowest BCUT2D eigenvalue weighted by Gasteiger charge is -2.12. The van der Waals surface area contributed by atoms with Crippen molar-refractivity contribution in [3.8, 4) is 16.9 Å². The lowest BCUT2D eigenvalue weighted by atomic mass is 10.0. The van der Waals surface area contributed by atoms with Gasteiger partial charge >= 0.3 is 6.36 Å².